The molecule has 0 unspecified atom stereocenters. The number of likely N-dealkylation sites (tertiary alicyclic amines) is 2. The molecule has 7 nitrogen and oxygen atoms in total. The maximum Gasteiger partial charge on any atom is 0.225 e. The Morgan fingerprint density at radius 3 is 2.20 bits per heavy atom. The van der Waals surface area contributed by atoms with Gasteiger partial charge in [-0.15, -0.1) is 0 Å². The van der Waals surface area contributed by atoms with Gasteiger partial charge in [-0.3, -0.25) is 14.7 Å². The van der Waals surface area contributed by atoms with E-state index in [0.717, 1.165) is 64.2 Å². The van der Waals surface area contributed by atoms with E-state index in [1.165, 1.54) is 5.56 Å². The lowest BCUT2D eigenvalue weighted by atomic mass is 9.94. The first-order valence-electron chi connectivity index (χ1n) is 13.5. The number of rotatable bonds is 5. The third kappa shape index (κ3) is 10.2. The van der Waals surface area contributed by atoms with Crippen molar-refractivity contribution in [2.45, 2.75) is 79.9 Å². The number of carbonyl (C=O) groups excluding carboxylic acids is 1. The Morgan fingerprint density at radius 2 is 1.63 bits per heavy atom. The Balaban J connectivity index is 0.000000949. The quantitative estimate of drug-likeness (QED) is 0.609. The minimum absolute atomic E-state index is 0.143. The molecule has 0 aliphatic carbocycles. The zero-order valence-electron chi connectivity index (χ0n) is 22.7. The lowest BCUT2D eigenvalue weighted by molar-refractivity contribution is -0.139. The maximum atomic E-state index is 13.0. The third-order valence-corrected chi connectivity index (χ3v) is 5.88. The predicted molar refractivity (Wildman–Crippen MR) is 145 cm³/mol. The first-order valence-corrected chi connectivity index (χ1v) is 13.5. The van der Waals surface area contributed by atoms with Crippen molar-refractivity contribution in [1.82, 2.24) is 19.8 Å². The summed E-state index contributed by atoms with van der Waals surface area (Å²) in [4.78, 5) is 25.5. The Kier molecular flexibility index (Phi) is 15.4. The Hall–Kier alpha value is -2.67. The van der Waals surface area contributed by atoms with E-state index >= 15 is 0 Å². The third-order valence-electron chi connectivity index (χ3n) is 5.88. The first-order chi connectivity index (χ1) is 17.2. The standard InChI is InChI=1S/C22H29N5O2.3C2H6/c23-21-14-17(3-9-25-21)16-26-10-4-18(5-11-26)22(28)27-12-6-19(7-13-27)29-20-2-1-8-24-15-20;3*1-2/h1-3,8-9,14-15,18-19H,4-7,10-13,16H2,(H2,23,25);3*1-2H3. The van der Waals surface area contributed by atoms with Crippen LogP contribution in [-0.2, 0) is 11.3 Å². The molecule has 2 N–H and O–H groups in total. The fourth-order valence-electron chi connectivity index (χ4n) is 4.25. The van der Waals surface area contributed by atoms with E-state index in [1.54, 1.807) is 18.6 Å². The van der Waals surface area contributed by atoms with Gasteiger partial charge in [-0.1, -0.05) is 41.5 Å². The van der Waals surface area contributed by atoms with Gasteiger partial charge in [0.1, 0.15) is 17.7 Å². The van der Waals surface area contributed by atoms with E-state index in [0.29, 0.717) is 11.7 Å². The zero-order chi connectivity index (χ0) is 26.1. The van der Waals surface area contributed by atoms with Gasteiger partial charge in [-0.05, 0) is 55.8 Å². The average Bonchev–Trinajstić information content (AvgIpc) is 2.93. The van der Waals surface area contributed by atoms with Gasteiger partial charge in [0.15, 0.2) is 0 Å². The van der Waals surface area contributed by atoms with Crippen LogP contribution in [0, 0.1) is 5.92 Å². The Bertz CT molecular complexity index is 802. The van der Waals surface area contributed by atoms with Crippen molar-refractivity contribution in [3.63, 3.8) is 0 Å². The van der Waals surface area contributed by atoms with Crippen LogP contribution in [0.1, 0.15) is 72.8 Å². The van der Waals surface area contributed by atoms with Gasteiger partial charge in [0.05, 0.1) is 6.20 Å². The second kappa shape index (κ2) is 17.7. The van der Waals surface area contributed by atoms with Crippen molar-refractivity contribution in [1.29, 1.82) is 0 Å². The average molecular weight is 486 g/mol. The Labute approximate surface area is 213 Å². The smallest absolute Gasteiger partial charge is 0.225 e. The van der Waals surface area contributed by atoms with Crippen molar-refractivity contribution in [2.24, 2.45) is 5.92 Å². The number of piperidine rings is 2. The van der Waals surface area contributed by atoms with E-state index in [1.807, 2.05) is 70.7 Å². The lowest BCUT2D eigenvalue weighted by Crippen LogP contribution is -2.46. The number of carbonyl (C=O) groups is 1. The summed E-state index contributed by atoms with van der Waals surface area (Å²) in [5.74, 6) is 1.83. The largest absolute Gasteiger partial charge is 0.489 e. The molecule has 35 heavy (non-hydrogen) atoms. The minimum atomic E-state index is 0.143. The van der Waals surface area contributed by atoms with Crippen molar-refractivity contribution in [3.8, 4) is 5.75 Å². The molecule has 0 saturated carbocycles. The van der Waals surface area contributed by atoms with Crippen LogP contribution >= 0.6 is 0 Å². The number of nitrogen functional groups attached to an aromatic ring is 1. The molecule has 0 atom stereocenters. The molecule has 0 bridgehead atoms. The minimum Gasteiger partial charge on any atom is -0.489 e. The van der Waals surface area contributed by atoms with Crippen LogP contribution < -0.4 is 10.5 Å². The van der Waals surface area contributed by atoms with E-state index in [2.05, 4.69) is 14.9 Å². The van der Waals surface area contributed by atoms with E-state index in [-0.39, 0.29) is 12.0 Å². The normalized spacial score (nSPS) is 16.5. The zero-order valence-corrected chi connectivity index (χ0v) is 22.7. The van der Waals surface area contributed by atoms with Crippen LogP contribution in [0.25, 0.3) is 0 Å². The molecule has 2 aliphatic rings. The van der Waals surface area contributed by atoms with Gasteiger partial charge in [-0.2, -0.15) is 0 Å². The van der Waals surface area contributed by atoms with Gasteiger partial charge >= 0.3 is 0 Å². The summed E-state index contributed by atoms with van der Waals surface area (Å²) < 4.78 is 5.99. The number of aromatic nitrogens is 2. The highest BCUT2D eigenvalue weighted by Gasteiger charge is 2.31. The molecule has 0 radical (unpaired) electrons. The highest BCUT2D eigenvalue weighted by atomic mass is 16.5. The number of hydrogen-bond acceptors (Lipinski definition) is 6. The van der Waals surface area contributed by atoms with Gasteiger partial charge in [0.25, 0.3) is 0 Å². The highest BCUT2D eigenvalue weighted by Crippen LogP contribution is 2.24. The van der Waals surface area contributed by atoms with Crippen LogP contribution in [-0.4, -0.2) is 58.0 Å². The number of nitrogens with zero attached hydrogens (tertiary/aromatic N) is 4. The van der Waals surface area contributed by atoms with Crippen LogP contribution in [0.2, 0.25) is 0 Å². The van der Waals surface area contributed by atoms with Crippen LogP contribution in [0.15, 0.2) is 42.9 Å². The van der Waals surface area contributed by atoms with Gasteiger partial charge in [0, 0.05) is 50.8 Å². The summed E-state index contributed by atoms with van der Waals surface area (Å²) >= 11 is 0. The highest BCUT2D eigenvalue weighted by molar-refractivity contribution is 5.79. The molecule has 2 aromatic rings. The number of amides is 1. The van der Waals surface area contributed by atoms with Crippen molar-refractivity contribution < 1.29 is 9.53 Å². The molecular weight excluding hydrogens is 438 g/mol. The number of hydrogen-bond donors (Lipinski definition) is 1. The SMILES string of the molecule is CC.CC.CC.Nc1cc(CN2CCC(C(=O)N3CCC(Oc4cccnc4)CC3)CC2)ccn1. The molecule has 4 rings (SSSR count). The number of nitrogens with two attached hydrogens (primary N) is 1. The molecule has 4 heterocycles. The van der Waals surface area contributed by atoms with Crippen LogP contribution in [0.4, 0.5) is 5.82 Å². The maximum absolute atomic E-state index is 13.0. The lowest BCUT2D eigenvalue weighted by Gasteiger charge is -2.37. The molecule has 2 saturated heterocycles. The molecule has 7 heteroatoms. The monoisotopic (exact) mass is 485 g/mol. The van der Waals surface area contributed by atoms with Gasteiger partial charge < -0.3 is 15.4 Å². The molecule has 0 spiro atoms. The molecule has 2 aromatic heterocycles. The fourth-order valence-corrected chi connectivity index (χ4v) is 4.25. The summed E-state index contributed by atoms with van der Waals surface area (Å²) in [6.07, 6.45) is 9.00. The summed E-state index contributed by atoms with van der Waals surface area (Å²) in [5.41, 5.74) is 6.95. The topological polar surface area (TPSA) is 84.6 Å². The number of anilines is 1. The van der Waals surface area contributed by atoms with E-state index in [9.17, 15) is 4.79 Å². The van der Waals surface area contributed by atoms with Crippen molar-refractivity contribution in [2.75, 3.05) is 31.9 Å². The van der Waals surface area contributed by atoms with Gasteiger partial charge in [0.2, 0.25) is 5.91 Å². The van der Waals surface area contributed by atoms with E-state index in [4.69, 9.17) is 10.5 Å². The first kappa shape index (κ1) is 30.4. The van der Waals surface area contributed by atoms with Crippen LogP contribution in [0.3, 0.4) is 0 Å². The second-order valence-corrected chi connectivity index (χ2v) is 7.97. The molecule has 0 aromatic carbocycles. The second-order valence-electron chi connectivity index (χ2n) is 7.97. The predicted octanol–water partition coefficient (Wildman–Crippen LogP) is 5.42. The Morgan fingerprint density at radius 1 is 0.971 bits per heavy atom. The molecule has 1 amide bonds. The van der Waals surface area contributed by atoms with Crippen molar-refractivity contribution in [3.05, 3.63) is 48.4 Å². The summed E-state index contributed by atoms with van der Waals surface area (Å²) in [6, 6.07) is 7.74. The molecular formula is C28H47N5O2. The van der Waals surface area contributed by atoms with Gasteiger partial charge in [-0.25, -0.2) is 4.98 Å². The number of pyridine rings is 2. The van der Waals surface area contributed by atoms with E-state index < -0.39 is 0 Å². The summed E-state index contributed by atoms with van der Waals surface area (Å²) in [6.45, 7) is 16.3. The fraction of sp³-hybridized carbons (Fsp3) is 0.607. The summed E-state index contributed by atoms with van der Waals surface area (Å²) in [5, 5.41) is 0. The number of ether oxygens (including phenoxy) is 1. The van der Waals surface area contributed by atoms with Crippen LogP contribution in [0.5, 0.6) is 5.75 Å². The molecule has 2 aliphatic heterocycles. The molecule has 196 valence electrons. The molecule has 2 fully saturated rings. The van der Waals surface area contributed by atoms with Crippen molar-refractivity contribution >= 4 is 11.7 Å². The summed E-state index contributed by atoms with van der Waals surface area (Å²) in [7, 11) is 0.